The van der Waals surface area contributed by atoms with Crippen LogP contribution in [0.3, 0.4) is 0 Å². The van der Waals surface area contributed by atoms with Gasteiger partial charge < -0.3 is 0 Å². The van der Waals surface area contributed by atoms with Gasteiger partial charge in [0.15, 0.2) is 0 Å². The van der Waals surface area contributed by atoms with E-state index in [0.29, 0.717) is 0 Å². The minimum Gasteiger partial charge on any atom is -0.0952 e. The standard InChI is InChI=1S/C29H30/c1-6-19(2)23-13-14-24-17-27(18-26(24)16-23)28-12-8-11-25(28)15-22(5)29-20(3)9-7-10-21(29)4/h7,9-14,16,18H,2,5-6,8,15,17H2,1,3-4H3. The lowest BCUT2D eigenvalue weighted by molar-refractivity contribution is 1.16. The molecule has 0 fully saturated rings. The second-order valence-corrected chi connectivity index (χ2v) is 8.35. The largest absolute Gasteiger partial charge is 0.0952 e. The molecule has 0 heterocycles. The SMILES string of the molecule is C=C(CC)c1ccc2c(c1)C=C(C1=CCC=C1CC(=C)c1c(C)cccc1C)C2. The summed E-state index contributed by atoms with van der Waals surface area (Å²) >= 11 is 0. The van der Waals surface area contributed by atoms with Crippen LogP contribution in [0.1, 0.15) is 59.6 Å². The Morgan fingerprint density at radius 3 is 2.45 bits per heavy atom. The number of aryl methyl sites for hydroxylation is 2. The van der Waals surface area contributed by atoms with Gasteiger partial charge >= 0.3 is 0 Å². The third-order valence-electron chi connectivity index (χ3n) is 6.31. The molecule has 2 aliphatic carbocycles. The molecule has 0 spiro atoms. The Balaban J connectivity index is 1.56. The number of benzene rings is 2. The summed E-state index contributed by atoms with van der Waals surface area (Å²) in [6.07, 6.45) is 11.1. The summed E-state index contributed by atoms with van der Waals surface area (Å²) in [5, 5.41) is 0. The van der Waals surface area contributed by atoms with E-state index in [1.54, 1.807) is 0 Å². The van der Waals surface area contributed by atoms with Crippen LogP contribution in [-0.4, -0.2) is 0 Å². The molecule has 0 aliphatic heterocycles. The van der Waals surface area contributed by atoms with Crippen molar-refractivity contribution in [1.82, 2.24) is 0 Å². The first kappa shape index (κ1) is 19.5. The lowest BCUT2D eigenvalue weighted by Gasteiger charge is -2.16. The maximum atomic E-state index is 4.45. The van der Waals surface area contributed by atoms with Gasteiger partial charge in [-0.05, 0) is 107 Å². The fourth-order valence-corrected chi connectivity index (χ4v) is 4.69. The highest BCUT2D eigenvalue weighted by molar-refractivity contribution is 5.78. The van der Waals surface area contributed by atoms with Gasteiger partial charge in [-0.15, -0.1) is 0 Å². The van der Waals surface area contributed by atoms with Crippen molar-refractivity contribution < 1.29 is 0 Å². The van der Waals surface area contributed by atoms with E-state index in [1.807, 2.05) is 0 Å². The highest BCUT2D eigenvalue weighted by Crippen LogP contribution is 2.40. The maximum absolute atomic E-state index is 4.45. The highest BCUT2D eigenvalue weighted by atomic mass is 14.3. The van der Waals surface area contributed by atoms with Gasteiger partial charge in [-0.1, -0.05) is 68.6 Å². The molecule has 29 heavy (non-hydrogen) atoms. The molecule has 0 saturated carbocycles. The van der Waals surface area contributed by atoms with Crippen molar-refractivity contribution >= 4 is 17.2 Å². The topological polar surface area (TPSA) is 0 Å². The normalized spacial score (nSPS) is 14.9. The molecule has 0 atom stereocenters. The molecule has 0 radical (unpaired) electrons. The zero-order valence-corrected chi connectivity index (χ0v) is 17.9. The quantitative estimate of drug-likeness (QED) is 0.477. The molecule has 4 rings (SSSR count). The Morgan fingerprint density at radius 2 is 1.72 bits per heavy atom. The van der Waals surface area contributed by atoms with Crippen LogP contribution in [-0.2, 0) is 6.42 Å². The molecular formula is C29H30. The Kier molecular flexibility index (Phi) is 5.28. The van der Waals surface area contributed by atoms with Crippen LogP contribution in [0, 0.1) is 13.8 Å². The van der Waals surface area contributed by atoms with Crippen molar-refractivity contribution in [2.24, 2.45) is 0 Å². The van der Waals surface area contributed by atoms with Crippen molar-refractivity contribution in [1.29, 1.82) is 0 Å². The zero-order valence-electron chi connectivity index (χ0n) is 17.9. The van der Waals surface area contributed by atoms with Gasteiger partial charge in [-0.3, -0.25) is 0 Å². The van der Waals surface area contributed by atoms with Gasteiger partial charge in [-0.25, -0.2) is 0 Å². The molecule has 2 aromatic carbocycles. The average Bonchev–Trinajstić information content (AvgIpc) is 3.32. The highest BCUT2D eigenvalue weighted by Gasteiger charge is 2.21. The molecule has 0 unspecified atom stereocenters. The van der Waals surface area contributed by atoms with Crippen LogP contribution in [0.2, 0.25) is 0 Å². The van der Waals surface area contributed by atoms with E-state index in [-0.39, 0.29) is 0 Å². The Morgan fingerprint density at radius 1 is 0.966 bits per heavy atom. The smallest absolute Gasteiger partial charge is 0.00137 e. The van der Waals surface area contributed by atoms with E-state index < -0.39 is 0 Å². The van der Waals surface area contributed by atoms with Crippen molar-refractivity contribution in [3.8, 4) is 0 Å². The second kappa shape index (κ2) is 7.87. The summed E-state index contributed by atoms with van der Waals surface area (Å²) in [5.74, 6) is 0. The molecule has 0 nitrogen and oxygen atoms in total. The van der Waals surface area contributed by atoms with Gasteiger partial charge in [-0.2, -0.15) is 0 Å². The van der Waals surface area contributed by atoms with E-state index in [9.17, 15) is 0 Å². The van der Waals surface area contributed by atoms with Crippen molar-refractivity contribution in [3.05, 3.63) is 112 Å². The van der Waals surface area contributed by atoms with E-state index in [4.69, 9.17) is 0 Å². The monoisotopic (exact) mass is 378 g/mol. The van der Waals surface area contributed by atoms with E-state index in [0.717, 1.165) is 25.7 Å². The number of hydrogen-bond acceptors (Lipinski definition) is 0. The lowest BCUT2D eigenvalue weighted by Crippen LogP contribution is -1.97. The molecular weight excluding hydrogens is 348 g/mol. The summed E-state index contributed by atoms with van der Waals surface area (Å²) in [5.41, 5.74) is 14.7. The summed E-state index contributed by atoms with van der Waals surface area (Å²) in [6, 6.07) is 13.3. The molecule has 0 saturated heterocycles. The molecule has 0 bridgehead atoms. The van der Waals surface area contributed by atoms with Gasteiger partial charge in [0, 0.05) is 0 Å². The van der Waals surface area contributed by atoms with Crippen LogP contribution in [0.25, 0.3) is 17.2 Å². The molecule has 2 aromatic rings. The van der Waals surface area contributed by atoms with E-state index in [1.165, 1.54) is 61.2 Å². The van der Waals surface area contributed by atoms with E-state index in [2.05, 4.69) is 88.6 Å². The molecule has 146 valence electrons. The second-order valence-electron chi connectivity index (χ2n) is 8.35. The molecule has 0 N–H and O–H groups in total. The minimum absolute atomic E-state index is 0.920. The van der Waals surface area contributed by atoms with Crippen LogP contribution >= 0.6 is 0 Å². The lowest BCUT2D eigenvalue weighted by atomic mass is 9.89. The first-order valence-electron chi connectivity index (χ1n) is 10.6. The van der Waals surface area contributed by atoms with Gasteiger partial charge in [0.25, 0.3) is 0 Å². The van der Waals surface area contributed by atoms with Crippen LogP contribution in [0.15, 0.2) is 78.4 Å². The first-order chi connectivity index (χ1) is 14.0. The number of allylic oxidation sites excluding steroid dienone is 7. The Labute approximate surface area is 175 Å². The summed E-state index contributed by atoms with van der Waals surface area (Å²) < 4.78 is 0. The number of rotatable bonds is 6. The first-order valence-corrected chi connectivity index (χ1v) is 10.6. The predicted octanol–water partition coefficient (Wildman–Crippen LogP) is 8.03. The zero-order chi connectivity index (χ0) is 20.5. The van der Waals surface area contributed by atoms with Crippen molar-refractivity contribution in [3.63, 3.8) is 0 Å². The third kappa shape index (κ3) is 3.72. The minimum atomic E-state index is 0.920. The Bertz CT molecular complexity index is 1080. The summed E-state index contributed by atoms with van der Waals surface area (Å²) in [6.45, 7) is 15.2. The van der Waals surface area contributed by atoms with Gasteiger partial charge in [0.05, 0.1) is 0 Å². The van der Waals surface area contributed by atoms with Crippen molar-refractivity contribution in [2.75, 3.05) is 0 Å². The van der Waals surface area contributed by atoms with Crippen LogP contribution in [0.5, 0.6) is 0 Å². The van der Waals surface area contributed by atoms with Gasteiger partial charge in [0.1, 0.15) is 0 Å². The molecule has 2 aliphatic rings. The van der Waals surface area contributed by atoms with Crippen LogP contribution < -0.4 is 0 Å². The molecule has 0 heteroatoms. The van der Waals surface area contributed by atoms with E-state index >= 15 is 0 Å². The maximum Gasteiger partial charge on any atom is -0.00137 e. The number of hydrogen-bond donors (Lipinski definition) is 0. The number of fused-ring (bicyclic) bond motifs is 1. The predicted molar refractivity (Wildman–Crippen MR) is 128 cm³/mol. The molecule has 0 aromatic heterocycles. The fourth-order valence-electron chi connectivity index (χ4n) is 4.69. The third-order valence-corrected chi connectivity index (χ3v) is 6.31. The van der Waals surface area contributed by atoms with Crippen LogP contribution in [0.4, 0.5) is 0 Å². The summed E-state index contributed by atoms with van der Waals surface area (Å²) in [4.78, 5) is 0. The summed E-state index contributed by atoms with van der Waals surface area (Å²) in [7, 11) is 0. The van der Waals surface area contributed by atoms with Gasteiger partial charge in [0.2, 0.25) is 0 Å². The van der Waals surface area contributed by atoms with Crippen molar-refractivity contribution in [2.45, 2.75) is 46.5 Å². The molecule has 0 amide bonds. The fraction of sp³-hybridized carbons (Fsp3) is 0.241. The average molecular weight is 379 g/mol. The Hall–Kier alpha value is -2.86.